The van der Waals surface area contributed by atoms with E-state index in [2.05, 4.69) is 50.0 Å². The van der Waals surface area contributed by atoms with Crippen molar-refractivity contribution in [3.05, 3.63) is 0 Å². The van der Waals surface area contributed by atoms with Crippen molar-refractivity contribution in [1.82, 2.24) is 15.1 Å². The van der Waals surface area contributed by atoms with Gasteiger partial charge in [0, 0.05) is 32.1 Å². The molecule has 1 fully saturated rings. The van der Waals surface area contributed by atoms with Gasteiger partial charge in [-0.3, -0.25) is 9.79 Å². The summed E-state index contributed by atoms with van der Waals surface area (Å²) in [4.78, 5) is 20.8. The van der Waals surface area contributed by atoms with Crippen LogP contribution in [0.15, 0.2) is 4.99 Å². The maximum absolute atomic E-state index is 11.3. The van der Waals surface area contributed by atoms with Crippen molar-refractivity contribution in [3.8, 4) is 0 Å². The Bertz CT molecular complexity index is 420. The molecule has 0 radical (unpaired) electrons. The number of hydrogen-bond donors (Lipinski definition) is 2. The molecule has 0 aromatic heterocycles. The number of guanidine groups is 1. The monoisotopic (exact) mass is 353 g/mol. The first-order chi connectivity index (χ1) is 11.9. The van der Waals surface area contributed by atoms with E-state index in [1.165, 1.54) is 12.8 Å². The average molecular weight is 354 g/mol. The van der Waals surface area contributed by atoms with Gasteiger partial charge in [-0.1, -0.05) is 26.7 Å². The standard InChI is InChI=1S/C19H39N5O/c1-6-16(7-2)17(23(4)5)13-22-19(21-8-3)24-11-9-10-15(14-24)12-18(20)25/h15-17H,6-14H2,1-5H3,(H2,20,25)(H,21,22). The number of nitrogens with two attached hydrogens (primary N) is 1. The first kappa shape index (κ1) is 21.7. The lowest BCUT2D eigenvalue weighted by Gasteiger charge is -2.35. The molecule has 1 rings (SSSR count). The highest BCUT2D eigenvalue weighted by Gasteiger charge is 2.25. The predicted molar refractivity (Wildman–Crippen MR) is 106 cm³/mol. The number of piperidine rings is 1. The molecule has 0 bridgehead atoms. The van der Waals surface area contributed by atoms with Crippen LogP contribution in [0.1, 0.15) is 52.9 Å². The number of hydrogen-bond acceptors (Lipinski definition) is 3. The normalized spacial score (nSPS) is 20.2. The number of amides is 1. The molecule has 1 heterocycles. The van der Waals surface area contributed by atoms with E-state index in [1.54, 1.807) is 0 Å². The van der Waals surface area contributed by atoms with E-state index in [0.717, 1.165) is 45.0 Å². The van der Waals surface area contributed by atoms with Crippen LogP contribution in [0.4, 0.5) is 0 Å². The van der Waals surface area contributed by atoms with E-state index in [1.807, 2.05) is 0 Å². The number of nitrogens with zero attached hydrogens (tertiary/aromatic N) is 3. The predicted octanol–water partition coefficient (Wildman–Crippen LogP) is 1.91. The third kappa shape index (κ3) is 7.22. The quantitative estimate of drug-likeness (QED) is 0.490. The summed E-state index contributed by atoms with van der Waals surface area (Å²) in [6.07, 6.45) is 4.99. The van der Waals surface area contributed by atoms with E-state index < -0.39 is 0 Å². The summed E-state index contributed by atoms with van der Waals surface area (Å²) < 4.78 is 0. The highest BCUT2D eigenvalue weighted by molar-refractivity contribution is 5.80. The molecule has 2 unspecified atom stereocenters. The Morgan fingerprint density at radius 3 is 2.52 bits per heavy atom. The van der Waals surface area contributed by atoms with Gasteiger partial charge in [-0.05, 0) is 45.7 Å². The molecule has 0 aromatic carbocycles. The van der Waals surface area contributed by atoms with Crippen LogP contribution in [0.25, 0.3) is 0 Å². The molecule has 1 amide bonds. The number of carbonyl (C=O) groups is 1. The summed E-state index contributed by atoms with van der Waals surface area (Å²) in [6, 6.07) is 0.454. The first-order valence-electron chi connectivity index (χ1n) is 9.90. The van der Waals surface area contributed by atoms with Crippen LogP contribution in [0.3, 0.4) is 0 Å². The zero-order valence-corrected chi connectivity index (χ0v) is 16.9. The molecule has 0 aliphatic carbocycles. The Hall–Kier alpha value is -1.30. The fourth-order valence-corrected chi connectivity index (χ4v) is 3.88. The molecule has 25 heavy (non-hydrogen) atoms. The number of nitrogens with one attached hydrogen (secondary N) is 1. The largest absolute Gasteiger partial charge is 0.370 e. The molecule has 6 heteroatoms. The number of likely N-dealkylation sites (tertiary alicyclic amines) is 1. The molecule has 3 N–H and O–H groups in total. The lowest BCUT2D eigenvalue weighted by atomic mass is 9.93. The Balaban J connectivity index is 2.82. The minimum absolute atomic E-state index is 0.199. The van der Waals surface area contributed by atoms with Gasteiger partial charge >= 0.3 is 0 Å². The third-order valence-electron chi connectivity index (χ3n) is 5.33. The Morgan fingerprint density at radius 2 is 2.00 bits per heavy atom. The summed E-state index contributed by atoms with van der Waals surface area (Å²) in [5.41, 5.74) is 5.39. The zero-order chi connectivity index (χ0) is 18.8. The number of likely N-dealkylation sites (N-methyl/N-ethyl adjacent to an activating group) is 1. The van der Waals surface area contributed by atoms with E-state index in [-0.39, 0.29) is 5.91 Å². The maximum Gasteiger partial charge on any atom is 0.217 e. The highest BCUT2D eigenvalue weighted by Crippen LogP contribution is 2.20. The molecule has 1 saturated heterocycles. The van der Waals surface area contributed by atoms with Crippen LogP contribution < -0.4 is 11.1 Å². The Kier molecular flexibility index (Phi) is 9.86. The van der Waals surface area contributed by atoms with Crippen LogP contribution in [0, 0.1) is 11.8 Å². The summed E-state index contributed by atoms with van der Waals surface area (Å²) >= 11 is 0. The zero-order valence-electron chi connectivity index (χ0n) is 16.9. The summed E-state index contributed by atoms with van der Waals surface area (Å²) in [5, 5.41) is 3.44. The third-order valence-corrected chi connectivity index (χ3v) is 5.33. The minimum atomic E-state index is -0.199. The summed E-state index contributed by atoms with van der Waals surface area (Å²) in [5.74, 6) is 1.79. The average Bonchev–Trinajstić information content (AvgIpc) is 2.56. The molecule has 0 saturated carbocycles. The van der Waals surface area contributed by atoms with Crippen LogP contribution >= 0.6 is 0 Å². The van der Waals surface area contributed by atoms with Crippen molar-refractivity contribution in [2.24, 2.45) is 22.6 Å². The molecule has 146 valence electrons. The molecule has 6 nitrogen and oxygen atoms in total. The van der Waals surface area contributed by atoms with Crippen LogP contribution in [-0.4, -0.2) is 68.0 Å². The number of primary amides is 1. The second-order valence-electron chi connectivity index (χ2n) is 7.43. The van der Waals surface area contributed by atoms with E-state index >= 15 is 0 Å². The molecule has 1 aliphatic heterocycles. The minimum Gasteiger partial charge on any atom is -0.370 e. The molecular weight excluding hydrogens is 314 g/mol. The fourth-order valence-electron chi connectivity index (χ4n) is 3.88. The van der Waals surface area contributed by atoms with Gasteiger partial charge < -0.3 is 20.9 Å². The van der Waals surface area contributed by atoms with Gasteiger partial charge in [0.05, 0.1) is 6.54 Å². The number of aliphatic imine (C=N–C) groups is 1. The van der Waals surface area contributed by atoms with Crippen LogP contribution in [-0.2, 0) is 4.79 Å². The number of carbonyl (C=O) groups excluding carboxylic acids is 1. The molecule has 1 aliphatic rings. The van der Waals surface area contributed by atoms with E-state index in [4.69, 9.17) is 10.7 Å². The Morgan fingerprint density at radius 1 is 1.32 bits per heavy atom. The topological polar surface area (TPSA) is 74.0 Å². The first-order valence-corrected chi connectivity index (χ1v) is 9.90. The van der Waals surface area contributed by atoms with Crippen molar-refractivity contribution in [2.45, 2.75) is 58.9 Å². The SMILES string of the molecule is CCNC(=NCC(C(CC)CC)N(C)C)N1CCCC(CC(N)=O)C1. The van der Waals surface area contributed by atoms with Crippen LogP contribution in [0.5, 0.6) is 0 Å². The highest BCUT2D eigenvalue weighted by atomic mass is 16.1. The number of rotatable bonds is 9. The maximum atomic E-state index is 11.3. The van der Waals surface area contributed by atoms with Gasteiger partial charge in [0.2, 0.25) is 5.91 Å². The van der Waals surface area contributed by atoms with E-state index in [0.29, 0.717) is 24.3 Å². The lowest BCUT2D eigenvalue weighted by Crippen LogP contribution is -2.48. The van der Waals surface area contributed by atoms with Gasteiger partial charge in [0.15, 0.2) is 5.96 Å². The van der Waals surface area contributed by atoms with Crippen molar-refractivity contribution < 1.29 is 4.79 Å². The van der Waals surface area contributed by atoms with Crippen molar-refractivity contribution in [3.63, 3.8) is 0 Å². The molecule has 0 spiro atoms. The van der Waals surface area contributed by atoms with Crippen LogP contribution in [0.2, 0.25) is 0 Å². The molecular formula is C19H39N5O. The lowest BCUT2D eigenvalue weighted by molar-refractivity contribution is -0.119. The second kappa shape index (κ2) is 11.3. The van der Waals surface area contributed by atoms with Crippen molar-refractivity contribution in [2.75, 3.05) is 40.3 Å². The van der Waals surface area contributed by atoms with Gasteiger partial charge in [0.25, 0.3) is 0 Å². The van der Waals surface area contributed by atoms with Gasteiger partial charge in [-0.2, -0.15) is 0 Å². The van der Waals surface area contributed by atoms with Gasteiger partial charge in [0.1, 0.15) is 0 Å². The van der Waals surface area contributed by atoms with Crippen molar-refractivity contribution in [1.29, 1.82) is 0 Å². The van der Waals surface area contributed by atoms with Crippen molar-refractivity contribution >= 4 is 11.9 Å². The second-order valence-corrected chi connectivity index (χ2v) is 7.43. The van der Waals surface area contributed by atoms with Gasteiger partial charge in [-0.25, -0.2) is 0 Å². The Labute approximate surface area is 154 Å². The van der Waals surface area contributed by atoms with Gasteiger partial charge in [-0.15, -0.1) is 0 Å². The summed E-state index contributed by atoms with van der Waals surface area (Å²) in [6.45, 7) is 10.2. The van der Waals surface area contributed by atoms with E-state index in [9.17, 15) is 4.79 Å². The fraction of sp³-hybridized carbons (Fsp3) is 0.895. The molecule has 0 aromatic rings. The molecule has 2 atom stereocenters. The summed E-state index contributed by atoms with van der Waals surface area (Å²) in [7, 11) is 4.30. The smallest absolute Gasteiger partial charge is 0.217 e.